The van der Waals surface area contributed by atoms with Crippen LogP contribution in [0.1, 0.15) is 10.4 Å². The fourth-order valence-corrected chi connectivity index (χ4v) is 2.24. The molecule has 1 amide bonds. The molecular weight excluding hydrogens is 252 g/mol. The van der Waals surface area contributed by atoms with Crippen LogP contribution >= 0.6 is 0 Å². The molecule has 0 radical (unpaired) electrons. The number of aromatic nitrogens is 2. The third-order valence-electron chi connectivity index (χ3n) is 3.34. The van der Waals surface area contributed by atoms with Gasteiger partial charge in [-0.2, -0.15) is 0 Å². The molecule has 3 heterocycles. The van der Waals surface area contributed by atoms with Crippen LogP contribution in [0.2, 0.25) is 0 Å². The second-order valence-electron chi connectivity index (χ2n) is 4.69. The van der Waals surface area contributed by atoms with E-state index >= 15 is 0 Å². The number of hydrogen-bond acceptors (Lipinski definition) is 4. The van der Waals surface area contributed by atoms with E-state index in [0.717, 1.165) is 37.6 Å². The maximum Gasteiger partial charge on any atom is 0.255 e. The number of carbonyl (C=O) groups excluding carboxylic acids is 1. The van der Waals surface area contributed by atoms with Crippen molar-refractivity contribution in [1.82, 2.24) is 20.2 Å². The Morgan fingerprint density at radius 3 is 2.50 bits per heavy atom. The van der Waals surface area contributed by atoms with Gasteiger partial charge in [-0.1, -0.05) is 6.07 Å². The summed E-state index contributed by atoms with van der Waals surface area (Å²) in [6.07, 6.45) is 3.37. The Morgan fingerprint density at radius 1 is 1.05 bits per heavy atom. The van der Waals surface area contributed by atoms with Gasteiger partial charge in [-0.15, -0.1) is 0 Å². The van der Waals surface area contributed by atoms with E-state index in [9.17, 15) is 4.79 Å². The lowest BCUT2D eigenvalue weighted by molar-refractivity contribution is 0.0735. The van der Waals surface area contributed by atoms with E-state index in [4.69, 9.17) is 0 Å². The number of hydrogen-bond donors (Lipinski definition) is 1. The van der Waals surface area contributed by atoms with E-state index in [0.29, 0.717) is 5.56 Å². The minimum atomic E-state index is 0.0478. The maximum absolute atomic E-state index is 12.3. The summed E-state index contributed by atoms with van der Waals surface area (Å²) in [5, 5.41) is 3.23. The molecule has 0 aliphatic carbocycles. The summed E-state index contributed by atoms with van der Waals surface area (Å²) >= 11 is 0. The Labute approximate surface area is 117 Å². The fourth-order valence-electron chi connectivity index (χ4n) is 2.24. The number of piperazine rings is 1. The van der Waals surface area contributed by atoms with Crippen LogP contribution in [-0.2, 0) is 0 Å². The third-order valence-corrected chi connectivity index (χ3v) is 3.34. The maximum atomic E-state index is 12.3. The Morgan fingerprint density at radius 2 is 1.85 bits per heavy atom. The summed E-state index contributed by atoms with van der Waals surface area (Å²) in [4.78, 5) is 22.7. The van der Waals surface area contributed by atoms with Crippen LogP contribution in [0.4, 0.5) is 0 Å². The van der Waals surface area contributed by atoms with Gasteiger partial charge in [0.05, 0.1) is 17.0 Å². The predicted octanol–water partition coefficient (Wildman–Crippen LogP) is 1.19. The van der Waals surface area contributed by atoms with Crippen LogP contribution in [0.15, 0.2) is 42.7 Å². The zero-order valence-electron chi connectivity index (χ0n) is 11.1. The van der Waals surface area contributed by atoms with Gasteiger partial charge in [-0.25, -0.2) is 0 Å². The predicted molar refractivity (Wildman–Crippen MR) is 76.2 cm³/mol. The molecule has 102 valence electrons. The summed E-state index contributed by atoms with van der Waals surface area (Å²) < 4.78 is 0. The molecule has 2 aromatic heterocycles. The van der Waals surface area contributed by atoms with Crippen molar-refractivity contribution in [3.63, 3.8) is 0 Å². The lowest BCUT2D eigenvalue weighted by Crippen LogP contribution is -2.46. The van der Waals surface area contributed by atoms with Gasteiger partial charge in [-0.05, 0) is 24.3 Å². The summed E-state index contributed by atoms with van der Waals surface area (Å²) in [6.45, 7) is 3.21. The van der Waals surface area contributed by atoms with Gasteiger partial charge < -0.3 is 10.2 Å². The van der Waals surface area contributed by atoms with Gasteiger partial charge in [-0.3, -0.25) is 14.8 Å². The molecule has 1 fully saturated rings. The number of carbonyl (C=O) groups is 1. The zero-order chi connectivity index (χ0) is 13.8. The van der Waals surface area contributed by atoms with Gasteiger partial charge in [0.2, 0.25) is 0 Å². The smallest absolute Gasteiger partial charge is 0.255 e. The number of pyridine rings is 2. The lowest BCUT2D eigenvalue weighted by Gasteiger charge is -2.27. The van der Waals surface area contributed by atoms with Crippen LogP contribution in [0.25, 0.3) is 11.4 Å². The van der Waals surface area contributed by atoms with E-state index in [1.807, 2.05) is 35.2 Å². The molecule has 20 heavy (non-hydrogen) atoms. The van der Waals surface area contributed by atoms with Crippen molar-refractivity contribution in [1.29, 1.82) is 0 Å². The van der Waals surface area contributed by atoms with Gasteiger partial charge in [0.25, 0.3) is 5.91 Å². The Bertz CT molecular complexity index is 577. The second kappa shape index (κ2) is 5.79. The highest BCUT2D eigenvalue weighted by Gasteiger charge is 2.18. The Hall–Kier alpha value is -2.27. The fraction of sp³-hybridized carbons (Fsp3) is 0.267. The highest BCUT2D eigenvalue weighted by atomic mass is 16.2. The van der Waals surface area contributed by atoms with Gasteiger partial charge in [0.1, 0.15) is 0 Å². The number of rotatable bonds is 2. The highest BCUT2D eigenvalue weighted by molar-refractivity contribution is 5.94. The van der Waals surface area contributed by atoms with Crippen molar-refractivity contribution in [2.45, 2.75) is 0 Å². The standard InChI is InChI=1S/C15H16N4O/c20-15(19-9-7-16-8-10-19)12-4-5-14(18-11-12)13-3-1-2-6-17-13/h1-6,11,16H,7-10H2. The molecule has 1 N–H and O–H groups in total. The summed E-state index contributed by atoms with van der Waals surface area (Å²) in [7, 11) is 0. The van der Waals surface area contributed by atoms with Crippen LogP contribution in [0.5, 0.6) is 0 Å². The lowest BCUT2D eigenvalue weighted by atomic mass is 10.2. The molecule has 5 heteroatoms. The van der Waals surface area contributed by atoms with Crippen molar-refractivity contribution in [2.24, 2.45) is 0 Å². The van der Waals surface area contributed by atoms with Crippen molar-refractivity contribution in [3.8, 4) is 11.4 Å². The van der Waals surface area contributed by atoms with Crippen molar-refractivity contribution < 1.29 is 4.79 Å². The van der Waals surface area contributed by atoms with E-state index in [2.05, 4.69) is 15.3 Å². The number of amides is 1. The van der Waals surface area contributed by atoms with E-state index in [1.54, 1.807) is 12.4 Å². The molecule has 0 unspecified atom stereocenters. The van der Waals surface area contributed by atoms with E-state index < -0.39 is 0 Å². The van der Waals surface area contributed by atoms with Crippen LogP contribution in [-0.4, -0.2) is 47.0 Å². The topological polar surface area (TPSA) is 58.1 Å². The van der Waals surface area contributed by atoms with Gasteiger partial charge in [0.15, 0.2) is 0 Å². The summed E-state index contributed by atoms with van der Waals surface area (Å²) in [5.74, 6) is 0.0478. The van der Waals surface area contributed by atoms with Crippen molar-refractivity contribution in [2.75, 3.05) is 26.2 Å². The molecule has 0 aromatic carbocycles. The minimum Gasteiger partial charge on any atom is -0.336 e. The first-order chi connectivity index (χ1) is 9.84. The molecule has 1 aliphatic rings. The molecule has 1 aliphatic heterocycles. The molecule has 0 spiro atoms. The molecule has 2 aromatic rings. The molecule has 0 atom stereocenters. The van der Waals surface area contributed by atoms with E-state index in [-0.39, 0.29) is 5.91 Å². The first-order valence-corrected chi connectivity index (χ1v) is 6.72. The van der Waals surface area contributed by atoms with Gasteiger partial charge >= 0.3 is 0 Å². The van der Waals surface area contributed by atoms with Crippen LogP contribution < -0.4 is 5.32 Å². The minimum absolute atomic E-state index is 0.0478. The van der Waals surface area contributed by atoms with E-state index in [1.165, 1.54) is 0 Å². The average molecular weight is 268 g/mol. The third kappa shape index (κ3) is 2.67. The van der Waals surface area contributed by atoms with Gasteiger partial charge in [0, 0.05) is 38.6 Å². The first kappa shape index (κ1) is 12.7. The molecule has 1 saturated heterocycles. The molecule has 3 rings (SSSR count). The number of nitrogens with zero attached hydrogens (tertiary/aromatic N) is 3. The summed E-state index contributed by atoms with van der Waals surface area (Å²) in [5.41, 5.74) is 2.22. The monoisotopic (exact) mass is 268 g/mol. The summed E-state index contributed by atoms with van der Waals surface area (Å²) in [6, 6.07) is 9.36. The SMILES string of the molecule is O=C(c1ccc(-c2ccccn2)nc1)N1CCNCC1. The van der Waals surface area contributed by atoms with Crippen molar-refractivity contribution in [3.05, 3.63) is 48.3 Å². The molecule has 0 bridgehead atoms. The highest BCUT2D eigenvalue weighted by Crippen LogP contribution is 2.14. The zero-order valence-corrected chi connectivity index (χ0v) is 11.1. The Kier molecular flexibility index (Phi) is 3.69. The molecule has 0 saturated carbocycles. The van der Waals surface area contributed by atoms with Crippen LogP contribution in [0, 0.1) is 0 Å². The quantitative estimate of drug-likeness (QED) is 0.889. The largest absolute Gasteiger partial charge is 0.336 e. The normalized spacial score (nSPS) is 15.1. The van der Waals surface area contributed by atoms with Crippen LogP contribution in [0.3, 0.4) is 0 Å². The van der Waals surface area contributed by atoms with Crippen molar-refractivity contribution >= 4 is 5.91 Å². The molecule has 5 nitrogen and oxygen atoms in total. The average Bonchev–Trinajstić information content (AvgIpc) is 2.56. The Balaban J connectivity index is 1.77. The first-order valence-electron chi connectivity index (χ1n) is 6.72. The second-order valence-corrected chi connectivity index (χ2v) is 4.69. The molecular formula is C15H16N4O. The number of nitrogens with one attached hydrogen (secondary N) is 1.